The zero-order valence-corrected chi connectivity index (χ0v) is 15.5. The molecule has 0 aliphatic rings. The molecule has 0 radical (unpaired) electrons. The fourth-order valence-electron chi connectivity index (χ4n) is 2.57. The standard InChI is InChI=1S/C16H19BrF5NO2/c1-4-25-13(24)15(23,8-14(2,3)21)16(22,12(19)20)9-5-6-10(17)11(18)7-9/h5-7,12H,4,8,23H2,1-3H3. The van der Waals surface area contributed by atoms with Crippen LogP contribution in [0, 0.1) is 5.82 Å². The van der Waals surface area contributed by atoms with Gasteiger partial charge in [0, 0.05) is 12.0 Å². The van der Waals surface area contributed by atoms with Crippen LogP contribution in [0.2, 0.25) is 0 Å². The molecule has 1 aromatic carbocycles. The molecule has 0 heterocycles. The lowest BCUT2D eigenvalue weighted by atomic mass is 9.72. The van der Waals surface area contributed by atoms with Crippen LogP contribution in [0.25, 0.3) is 0 Å². The molecule has 0 aliphatic heterocycles. The second-order valence-electron chi connectivity index (χ2n) is 6.23. The summed E-state index contributed by atoms with van der Waals surface area (Å²) in [5, 5.41) is 0. The van der Waals surface area contributed by atoms with Gasteiger partial charge in [0.25, 0.3) is 6.43 Å². The summed E-state index contributed by atoms with van der Waals surface area (Å²) in [5.74, 6) is -2.57. The Kier molecular flexibility index (Phi) is 6.61. The van der Waals surface area contributed by atoms with Crippen LogP contribution in [0.3, 0.4) is 0 Å². The van der Waals surface area contributed by atoms with E-state index in [1.165, 1.54) is 6.92 Å². The molecule has 25 heavy (non-hydrogen) atoms. The first kappa shape index (κ1) is 21.8. The van der Waals surface area contributed by atoms with Crippen molar-refractivity contribution in [1.29, 1.82) is 0 Å². The van der Waals surface area contributed by atoms with E-state index in [4.69, 9.17) is 5.73 Å². The van der Waals surface area contributed by atoms with Crippen molar-refractivity contribution in [2.24, 2.45) is 5.73 Å². The Labute approximate surface area is 150 Å². The van der Waals surface area contributed by atoms with E-state index in [1.54, 1.807) is 0 Å². The van der Waals surface area contributed by atoms with E-state index in [1.807, 2.05) is 0 Å². The quantitative estimate of drug-likeness (QED) is 0.513. The summed E-state index contributed by atoms with van der Waals surface area (Å²) in [4.78, 5) is 12.2. The fourth-order valence-corrected chi connectivity index (χ4v) is 2.82. The maximum Gasteiger partial charge on any atom is 0.330 e. The first-order chi connectivity index (χ1) is 11.3. The average molecular weight is 432 g/mol. The van der Waals surface area contributed by atoms with Crippen LogP contribution in [-0.4, -0.2) is 30.2 Å². The molecule has 2 atom stereocenters. The van der Waals surface area contributed by atoms with Crippen LogP contribution in [0.4, 0.5) is 22.0 Å². The summed E-state index contributed by atoms with van der Waals surface area (Å²) in [6.07, 6.45) is -4.94. The summed E-state index contributed by atoms with van der Waals surface area (Å²) < 4.78 is 75.5. The molecule has 0 saturated heterocycles. The van der Waals surface area contributed by atoms with Crippen molar-refractivity contribution < 1.29 is 31.5 Å². The molecule has 0 fully saturated rings. The number of nitrogens with two attached hydrogens (primary N) is 1. The molecule has 2 N–H and O–H groups in total. The second-order valence-corrected chi connectivity index (χ2v) is 7.08. The molecule has 0 bridgehead atoms. The molecular formula is C16H19BrF5NO2. The molecule has 0 aliphatic carbocycles. The van der Waals surface area contributed by atoms with Crippen LogP contribution in [0.15, 0.2) is 22.7 Å². The molecule has 1 rings (SSSR count). The van der Waals surface area contributed by atoms with Crippen LogP contribution < -0.4 is 5.73 Å². The smallest absolute Gasteiger partial charge is 0.330 e. The number of hydrogen-bond donors (Lipinski definition) is 1. The minimum Gasteiger partial charge on any atom is -0.465 e. The van der Waals surface area contributed by atoms with Gasteiger partial charge in [0.1, 0.15) is 11.5 Å². The maximum atomic E-state index is 15.6. The Hall–Kier alpha value is -1.22. The topological polar surface area (TPSA) is 52.3 Å². The first-order valence-electron chi connectivity index (χ1n) is 7.37. The number of carbonyl (C=O) groups excluding carboxylic acids is 1. The number of halogens is 6. The lowest BCUT2D eigenvalue weighted by Crippen LogP contribution is -2.66. The first-order valence-corrected chi connectivity index (χ1v) is 8.16. The van der Waals surface area contributed by atoms with E-state index in [9.17, 15) is 22.4 Å². The van der Waals surface area contributed by atoms with Gasteiger partial charge in [0.15, 0.2) is 5.54 Å². The maximum absolute atomic E-state index is 15.6. The molecule has 0 saturated carbocycles. The summed E-state index contributed by atoms with van der Waals surface area (Å²) in [6, 6.07) is 2.33. The Balaban J connectivity index is 3.66. The van der Waals surface area contributed by atoms with Gasteiger partial charge in [-0.3, -0.25) is 0 Å². The third kappa shape index (κ3) is 4.31. The summed E-state index contributed by atoms with van der Waals surface area (Å²) >= 11 is 2.82. The highest BCUT2D eigenvalue weighted by molar-refractivity contribution is 9.10. The predicted octanol–water partition coefficient (Wildman–Crippen LogP) is 4.42. The number of carbonyl (C=O) groups is 1. The van der Waals surface area contributed by atoms with Gasteiger partial charge in [-0.2, -0.15) is 0 Å². The van der Waals surface area contributed by atoms with E-state index < -0.39 is 47.1 Å². The molecule has 142 valence electrons. The Morgan fingerprint density at radius 1 is 1.32 bits per heavy atom. The van der Waals surface area contributed by atoms with Gasteiger partial charge in [-0.1, -0.05) is 6.07 Å². The number of ether oxygens (including phenoxy) is 1. The Bertz CT molecular complexity index is 637. The number of benzene rings is 1. The highest BCUT2D eigenvalue weighted by Crippen LogP contribution is 2.46. The molecule has 1 aromatic rings. The van der Waals surface area contributed by atoms with E-state index >= 15 is 4.39 Å². The van der Waals surface area contributed by atoms with Crippen molar-refractivity contribution in [2.45, 2.75) is 50.5 Å². The molecule has 0 amide bonds. The van der Waals surface area contributed by atoms with Gasteiger partial charge in [0.2, 0.25) is 5.67 Å². The van der Waals surface area contributed by atoms with Crippen LogP contribution in [0.5, 0.6) is 0 Å². The third-order valence-corrected chi connectivity index (χ3v) is 4.27. The lowest BCUT2D eigenvalue weighted by molar-refractivity contribution is -0.172. The highest BCUT2D eigenvalue weighted by Gasteiger charge is 2.64. The van der Waals surface area contributed by atoms with Gasteiger partial charge >= 0.3 is 5.97 Å². The largest absolute Gasteiger partial charge is 0.465 e. The molecule has 2 unspecified atom stereocenters. The lowest BCUT2D eigenvalue weighted by Gasteiger charge is -2.42. The summed E-state index contributed by atoms with van der Waals surface area (Å²) in [5.41, 5.74) is -4.40. The van der Waals surface area contributed by atoms with E-state index in [0.717, 1.165) is 26.0 Å². The van der Waals surface area contributed by atoms with Crippen molar-refractivity contribution in [3.8, 4) is 0 Å². The molecule has 0 aromatic heterocycles. The second kappa shape index (κ2) is 7.57. The average Bonchev–Trinajstić information content (AvgIpc) is 2.47. The van der Waals surface area contributed by atoms with Crippen LogP contribution >= 0.6 is 15.9 Å². The fraction of sp³-hybridized carbons (Fsp3) is 0.562. The zero-order valence-electron chi connectivity index (χ0n) is 13.9. The van der Waals surface area contributed by atoms with Crippen molar-refractivity contribution in [3.05, 3.63) is 34.1 Å². The summed E-state index contributed by atoms with van der Waals surface area (Å²) in [6.45, 7) is 3.00. The van der Waals surface area contributed by atoms with Crippen molar-refractivity contribution >= 4 is 21.9 Å². The monoisotopic (exact) mass is 431 g/mol. The van der Waals surface area contributed by atoms with E-state index in [2.05, 4.69) is 20.7 Å². The van der Waals surface area contributed by atoms with Crippen molar-refractivity contribution in [3.63, 3.8) is 0 Å². The number of esters is 1. The molecule has 3 nitrogen and oxygen atoms in total. The van der Waals surface area contributed by atoms with Gasteiger partial charge in [-0.25, -0.2) is 26.7 Å². The molecule has 0 spiro atoms. The van der Waals surface area contributed by atoms with E-state index in [0.29, 0.717) is 6.07 Å². The van der Waals surface area contributed by atoms with Gasteiger partial charge < -0.3 is 10.5 Å². The van der Waals surface area contributed by atoms with E-state index in [-0.39, 0.29) is 11.1 Å². The predicted molar refractivity (Wildman–Crippen MR) is 86.2 cm³/mol. The van der Waals surface area contributed by atoms with Crippen LogP contribution in [-0.2, 0) is 15.2 Å². The normalized spacial score (nSPS) is 17.1. The highest BCUT2D eigenvalue weighted by atomic mass is 79.9. The number of rotatable bonds is 7. The minimum absolute atomic E-state index is 0.0996. The van der Waals surface area contributed by atoms with Crippen LogP contribution in [0.1, 0.15) is 32.8 Å². The molecule has 9 heteroatoms. The van der Waals surface area contributed by atoms with Gasteiger partial charge in [-0.15, -0.1) is 0 Å². The Morgan fingerprint density at radius 3 is 2.28 bits per heavy atom. The number of alkyl halides is 4. The summed E-state index contributed by atoms with van der Waals surface area (Å²) in [7, 11) is 0. The van der Waals surface area contributed by atoms with Crippen molar-refractivity contribution in [2.75, 3.05) is 6.61 Å². The van der Waals surface area contributed by atoms with Gasteiger partial charge in [0.05, 0.1) is 11.1 Å². The Morgan fingerprint density at radius 2 is 1.88 bits per heavy atom. The zero-order chi connectivity index (χ0) is 19.6. The minimum atomic E-state index is -3.87. The SMILES string of the molecule is CCOC(=O)C(N)(CC(C)(C)F)C(F)(c1ccc(Br)c(F)c1)C(F)F. The van der Waals surface area contributed by atoms with Gasteiger partial charge in [-0.05, 0) is 48.8 Å². The molecular weight excluding hydrogens is 413 g/mol. The van der Waals surface area contributed by atoms with Crippen molar-refractivity contribution in [1.82, 2.24) is 0 Å². The number of hydrogen-bond acceptors (Lipinski definition) is 3. The third-order valence-electron chi connectivity index (χ3n) is 3.63.